The summed E-state index contributed by atoms with van der Waals surface area (Å²) in [6.45, 7) is 3.31. The number of halogens is 3. The highest BCUT2D eigenvalue weighted by molar-refractivity contribution is 5.81. The lowest BCUT2D eigenvalue weighted by molar-refractivity contribution is -0.137. The number of hydrogen-bond donors (Lipinski definition) is 0. The molecule has 1 saturated heterocycles. The zero-order valence-corrected chi connectivity index (χ0v) is 14.4. The fraction of sp³-hybridized carbons (Fsp3) is 0.350. The van der Waals surface area contributed by atoms with Crippen LogP contribution in [-0.2, 0) is 17.5 Å². The van der Waals surface area contributed by atoms with Crippen molar-refractivity contribution in [2.75, 3.05) is 6.61 Å². The molecular formula is C20H19F3N2O. The van der Waals surface area contributed by atoms with E-state index in [9.17, 15) is 13.2 Å². The minimum Gasteiger partial charge on any atom is -0.376 e. The van der Waals surface area contributed by atoms with Gasteiger partial charge in [0.05, 0.1) is 29.2 Å². The topological polar surface area (TPSA) is 27.1 Å². The van der Waals surface area contributed by atoms with E-state index in [2.05, 4.69) is 4.98 Å². The SMILES string of the molecule is Cc1ccc(-c2nc3cc(C(F)(F)F)ccc3n2CC2CCCO2)cc1. The molecule has 3 aromatic rings. The molecule has 0 amide bonds. The van der Waals surface area contributed by atoms with E-state index in [-0.39, 0.29) is 6.10 Å². The summed E-state index contributed by atoms with van der Waals surface area (Å²) in [6.07, 6.45) is -2.35. The third-order valence-corrected chi connectivity index (χ3v) is 4.80. The van der Waals surface area contributed by atoms with E-state index in [1.807, 2.05) is 35.8 Å². The maximum atomic E-state index is 13.1. The molecule has 6 heteroatoms. The Morgan fingerprint density at radius 2 is 1.92 bits per heavy atom. The van der Waals surface area contributed by atoms with Crippen molar-refractivity contribution in [3.05, 3.63) is 53.6 Å². The lowest BCUT2D eigenvalue weighted by atomic mass is 10.1. The van der Waals surface area contributed by atoms with Crippen LogP contribution in [0.4, 0.5) is 13.2 Å². The van der Waals surface area contributed by atoms with Crippen molar-refractivity contribution in [1.82, 2.24) is 9.55 Å². The monoisotopic (exact) mass is 360 g/mol. The zero-order chi connectivity index (χ0) is 18.3. The molecule has 26 heavy (non-hydrogen) atoms. The Hall–Kier alpha value is -2.34. The number of aryl methyl sites for hydroxylation is 1. The van der Waals surface area contributed by atoms with Crippen LogP contribution < -0.4 is 0 Å². The second kappa shape index (κ2) is 6.43. The van der Waals surface area contributed by atoms with Gasteiger partial charge < -0.3 is 9.30 Å². The van der Waals surface area contributed by atoms with E-state index in [0.717, 1.165) is 42.7 Å². The van der Waals surface area contributed by atoms with Gasteiger partial charge >= 0.3 is 6.18 Å². The predicted octanol–water partition coefficient (Wildman–Crippen LogP) is 5.21. The number of fused-ring (bicyclic) bond motifs is 1. The second-order valence-electron chi connectivity index (χ2n) is 6.75. The molecule has 0 N–H and O–H groups in total. The van der Waals surface area contributed by atoms with Crippen LogP contribution in [0.1, 0.15) is 24.0 Å². The summed E-state index contributed by atoms with van der Waals surface area (Å²) < 4.78 is 46.9. The average Bonchev–Trinajstić information content (AvgIpc) is 3.23. The van der Waals surface area contributed by atoms with Crippen LogP contribution in [0.2, 0.25) is 0 Å². The van der Waals surface area contributed by atoms with Gasteiger partial charge in [0.25, 0.3) is 0 Å². The number of rotatable bonds is 3. The van der Waals surface area contributed by atoms with E-state index in [1.54, 1.807) is 0 Å². The van der Waals surface area contributed by atoms with Crippen LogP contribution >= 0.6 is 0 Å². The van der Waals surface area contributed by atoms with Crippen LogP contribution in [0.3, 0.4) is 0 Å². The van der Waals surface area contributed by atoms with Crippen molar-refractivity contribution in [3.63, 3.8) is 0 Å². The first kappa shape index (κ1) is 17.1. The van der Waals surface area contributed by atoms with Gasteiger partial charge in [-0.1, -0.05) is 29.8 Å². The van der Waals surface area contributed by atoms with Gasteiger partial charge in [0.1, 0.15) is 5.82 Å². The highest BCUT2D eigenvalue weighted by Crippen LogP contribution is 2.33. The average molecular weight is 360 g/mol. The number of alkyl halides is 3. The molecule has 4 rings (SSSR count). The van der Waals surface area contributed by atoms with Gasteiger partial charge in [-0.3, -0.25) is 0 Å². The number of benzene rings is 2. The summed E-state index contributed by atoms with van der Waals surface area (Å²) in [5.41, 5.74) is 2.38. The lowest BCUT2D eigenvalue weighted by Gasteiger charge is -2.14. The smallest absolute Gasteiger partial charge is 0.376 e. The molecule has 0 saturated carbocycles. The highest BCUT2D eigenvalue weighted by atomic mass is 19.4. The summed E-state index contributed by atoms with van der Waals surface area (Å²) in [6, 6.07) is 11.6. The van der Waals surface area contributed by atoms with Gasteiger partial charge in [-0.25, -0.2) is 4.98 Å². The molecule has 1 atom stereocenters. The van der Waals surface area contributed by atoms with Crippen molar-refractivity contribution < 1.29 is 17.9 Å². The Bertz CT molecular complexity index is 923. The van der Waals surface area contributed by atoms with Crippen LogP contribution in [0.5, 0.6) is 0 Å². The van der Waals surface area contributed by atoms with E-state index < -0.39 is 11.7 Å². The van der Waals surface area contributed by atoms with Crippen LogP contribution in [-0.4, -0.2) is 22.3 Å². The first-order valence-corrected chi connectivity index (χ1v) is 8.68. The molecule has 2 heterocycles. The molecule has 2 aromatic carbocycles. The molecule has 0 radical (unpaired) electrons. The van der Waals surface area contributed by atoms with E-state index in [0.29, 0.717) is 23.4 Å². The summed E-state index contributed by atoms with van der Waals surface area (Å²) in [5.74, 6) is 0.676. The van der Waals surface area contributed by atoms with E-state index in [1.165, 1.54) is 6.07 Å². The van der Waals surface area contributed by atoms with Gasteiger partial charge in [0.2, 0.25) is 0 Å². The van der Waals surface area contributed by atoms with Crippen LogP contribution in [0, 0.1) is 6.92 Å². The fourth-order valence-corrected chi connectivity index (χ4v) is 3.41. The Balaban J connectivity index is 1.85. The number of ether oxygens (including phenoxy) is 1. The van der Waals surface area contributed by atoms with Crippen molar-refractivity contribution >= 4 is 11.0 Å². The normalized spacial score (nSPS) is 17.9. The molecule has 1 unspecified atom stereocenters. The van der Waals surface area contributed by atoms with Crippen molar-refractivity contribution in [2.45, 2.75) is 38.6 Å². The van der Waals surface area contributed by atoms with Crippen LogP contribution in [0.25, 0.3) is 22.4 Å². The number of imidazole rings is 1. The summed E-state index contributed by atoms with van der Waals surface area (Å²) in [5, 5.41) is 0. The predicted molar refractivity (Wildman–Crippen MR) is 93.9 cm³/mol. The molecule has 1 aliphatic heterocycles. The molecule has 1 fully saturated rings. The molecule has 0 bridgehead atoms. The lowest BCUT2D eigenvalue weighted by Crippen LogP contribution is -2.15. The van der Waals surface area contributed by atoms with E-state index >= 15 is 0 Å². The Morgan fingerprint density at radius 1 is 1.15 bits per heavy atom. The minimum atomic E-state index is -4.38. The van der Waals surface area contributed by atoms with Crippen molar-refractivity contribution in [1.29, 1.82) is 0 Å². The maximum absolute atomic E-state index is 13.1. The molecule has 0 spiro atoms. The van der Waals surface area contributed by atoms with Gasteiger partial charge in [0, 0.05) is 12.2 Å². The standard InChI is InChI=1S/C20H19F3N2O/c1-13-4-6-14(7-5-13)19-24-17-11-15(20(21,22)23)8-9-18(17)25(19)12-16-3-2-10-26-16/h4-9,11,16H,2-3,10,12H2,1H3. The van der Waals surface area contributed by atoms with Crippen molar-refractivity contribution in [2.24, 2.45) is 0 Å². The van der Waals surface area contributed by atoms with Crippen molar-refractivity contribution in [3.8, 4) is 11.4 Å². The van der Waals surface area contributed by atoms with E-state index in [4.69, 9.17) is 4.74 Å². The highest BCUT2D eigenvalue weighted by Gasteiger charge is 2.31. The minimum absolute atomic E-state index is 0.0684. The quantitative estimate of drug-likeness (QED) is 0.641. The number of hydrogen-bond acceptors (Lipinski definition) is 2. The molecule has 0 aliphatic carbocycles. The van der Waals surface area contributed by atoms with Gasteiger partial charge in [-0.15, -0.1) is 0 Å². The summed E-state index contributed by atoms with van der Waals surface area (Å²) in [4.78, 5) is 4.54. The molecular weight excluding hydrogens is 341 g/mol. The summed E-state index contributed by atoms with van der Waals surface area (Å²) >= 11 is 0. The molecule has 3 nitrogen and oxygen atoms in total. The van der Waals surface area contributed by atoms with Gasteiger partial charge in [-0.2, -0.15) is 13.2 Å². The first-order chi connectivity index (χ1) is 12.4. The molecule has 136 valence electrons. The third kappa shape index (κ3) is 3.21. The largest absolute Gasteiger partial charge is 0.416 e. The van der Waals surface area contributed by atoms with Gasteiger partial charge in [-0.05, 0) is 38.0 Å². The fourth-order valence-electron chi connectivity index (χ4n) is 3.41. The molecule has 1 aliphatic rings. The first-order valence-electron chi connectivity index (χ1n) is 8.68. The van der Waals surface area contributed by atoms with Crippen LogP contribution in [0.15, 0.2) is 42.5 Å². The Morgan fingerprint density at radius 3 is 2.58 bits per heavy atom. The van der Waals surface area contributed by atoms with Gasteiger partial charge in [0.15, 0.2) is 0 Å². The second-order valence-corrected chi connectivity index (χ2v) is 6.75. The zero-order valence-electron chi connectivity index (χ0n) is 14.4. The Labute approximate surface area is 149 Å². The maximum Gasteiger partial charge on any atom is 0.416 e. The summed E-state index contributed by atoms with van der Waals surface area (Å²) in [7, 11) is 0. The third-order valence-electron chi connectivity index (χ3n) is 4.80. The molecule has 1 aromatic heterocycles. The Kier molecular flexibility index (Phi) is 4.23. The number of aromatic nitrogens is 2. The number of nitrogens with zero attached hydrogens (tertiary/aromatic N) is 2.